The number of carboxylic acid groups (broad SMARTS) is 1. The highest BCUT2D eigenvalue weighted by Crippen LogP contribution is 2.35. The Morgan fingerprint density at radius 3 is 2.82 bits per heavy atom. The number of rotatable bonds is 2. The first-order valence-electron chi connectivity index (χ1n) is 5.17. The molecule has 88 valence electrons. The van der Waals surface area contributed by atoms with E-state index in [1.165, 1.54) is 0 Å². The zero-order chi connectivity index (χ0) is 12.4. The molecule has 0 spiro atoms. The fraction of sp³-hybridized carbons (Fsp3) is 0.167. The van der Waals surface area contributed by atoms with Crippen LogP contribution in [0.2, 0.25) is 0 Å². The van der Waals surface area contributed by atoms with E-state index in [-0.39, 0.29) is 5.70 Å². The van der Waals surface area contributed by atoms with Crippen molar-refractivity contribution in [2.45, 2.75) is 6.92 Å². The number of anilines is 1. The molecule has 0 fully saturated rings. The monoisotopic (exact) mass is 233 g/mol. The van der Waals surface area contributed by atoms with Crippen LogP contribution in [-0.2, 0) is 9.59 Å². The fourth-order valence-electron chi connectivity index (χ4n) is 1.75. The van der Waals surface area contributed by atoms with E-state index >= 15 is 0 Å². The summed E-state index contributed by atoms with van der Waals surface area (Å²) in [6, 6.07) is 7.01. The molecule has 0 radical (unpaired) electrons. The predicted octanol–water partition coefficient (Wildman–Crippen LogP) is 1.40. The average Bonchev–Trinajstić information content (AvgIpc) is 2.29. The number of para-hydroxylation sites is 2. The SMILES string of the molecule is CCN1/C(=C\C(=O)O)C(=O)Oc2ccccc21. The van der Waals surface area contributed by atoms with Crippen molar-refractivity contribution in [3.05, 3.63) is 36.0 Å². The molecule has 5 heteroatoms. The Hall–Kier alpha value is -2.30. The van der Waals surface area contributed by atoms with Gasteiger partial charge in [0.05, 0.1) is 11.8 Å². The van der Waals surface area contributed by atoms with Crippen molar-refractivity contribution < 1.29 is 19.4 Å². The molecule has 0 saturated heterocycles. The number of carboxylic acids is 1. The Bertz CT molecular complexity index is 507. The largest absolute Gasteiger partial charge is 0.478 e. The summed E-state index contributed by atoms with van der Waals surface area (Å²) < 4.78 is 5.07. The molecule has 2 rings (SSSR count). The number of esters is 1. The first-order valence-corrected chi connectivity index (χ1v) is 5.17. The third-order valence-corrected chi connectivity index (χ3v) is 2.44. The highest BCUT2D eigenvalue weighted by Gasteiger charge is 2.29. The van der Waals surface area contributed by atoms with Gasteiger partial charge in [-0.25, -0.2) is 9.59 Å². The van der Waals surface area contributed by atoms with Gasteiger partial charge < -0.3 is 14.7 Å². The predicted molar refractivity (Wildman–Crippen MR) is 60.8 cm³/mol. The van der Waals surface area contributed by atoms with Crippen LogP contribution in [0, 0.1) is 0 Å². The maximum Gasteiger partial charge on any atom is 0.360 e. The van der Waals surface area contributed by atoms with Crippen molar-refractivity contribution >= 4 is 17.6 Å². The Morgan fingerprint density at radius 2 is 2.18 bits per heavy atom. The lowest BCUT2D eigenvalue weighted by Crippen LogP contribution is -2.35. The number of carbonyl (C=O) groups excluding carboxylic acids is 1. The van der Waals surface area contributed by atoms with Gasteiger partial charge in [-0.2, -0.15) is 0 Å². The van der Waals surface area contributed by atoms with E-state index in [1.807, 2.05) is 6.92 Å². The zero-order valence-corrected chi connectivity index (χ0v) is 9.21. The van der Waals surface area contributed by atoms with Crippen molar-refractivity contribution in [1.29, 1.82) is 0 Å². The number of carbonyl (C=O) groups is 2. The standard InChI is InChI=1S/C12H11NO4/c1-2-13-8-5-3-4-6-10(8)17-12(16)9(13)7-11(14)15/h3-7H,2H2,1H3,(H,14,15)/b9-7-. The fourth-order valence-corrected chi connectivity index (χ4v) is 1.75. The van der Waals surface area contributed by atoms with Crippen molar-refractivity contribution in [3.63, 3.8) is 0 Å². The van der Waals surface area contributed by atoms with Gasteiger partial charge in [-0.1, -0.05) is 12.1 Å². The van der Waals surface area contributed by atoms with E-state index in [9.17, 15) is 9.59 Å². The average molecular weight is 233 g/mol. The molecule has 0 amide bonds. The summed E-state index contributed by atoms with van der Waals surface area (Å²) >= 11 is 0. The minimum atomic E-state index is -1.17. The van der Waals surface area contributed by atoms with E-state index in [0.29, 0.717) is 18.0 Å². The number of likely N-dealkylation sites (N-methyl/N-ethyl adjacent to an activating group) is 1. The highest BCUT2D eigenvalue weighted by molar-refractivity contribution is 6.02. The van der Waals surface area contributed by atoms with Gasteiger partial charge in [0.2, 0.25) is 0 Å². The smallest absolute Gasteiger partial charge is 0.360 e. The molecule has 0 atom stereocenters. The van der Waals surface area contributed by atoms with Crippen molar-refractivity contribution in [3.8, 4) is 5.75 Å². The first-order chi connectivity index (χ1) is 8.13. The molecule has 0 bridgehead atoms. The molecule has 5 nitrogen and oxygen atoms in total. The lowest BCUT2D eigenvalue weighted by atomic mass is 10.2. The maximum atomic E-state index is 11.7. The normalized spacial score (nSPS) is 16.6. The zero-order valence-electron chi connectivity index (χ0n) is 9.21. The Morgan fingerprint density at radius 1 is 1.47 bits per heavy atom. The second-order valence-electron chi connectivity index (χ2n) is 3.47. The molecule has 17 heavy (non-hydrogen) atoms. The van der Waals surface area contributed by atoms with Crippen LogP contribution in [0.3, 0.4) is 0 Å². The number of benzene rings is 1. The molecule has 1 aliphatic rings. The summed E-state index contributed by atoms with van der Waals surface area (Å²) in [4.78, 5) is 24.0. The molecule has 0 saturated carbocycles. The molecule has 1 aliphatic heterocycles. The first kappa shape index (κ1) is 11.2. The van der Waals surface area contributed by atoms with Crippen LogP contribution in [0.4, 0.5) is 5.69 Å². The van der Waals surface area contributed by atoms with Crippen LogP contribution in [0.15, 0.2) is 36.0 Å². The summed E-state index contributed by atoms with van der Waals surface area (Å²) in [7, 11) is 0. The maximum absolute atomic E-state index is 11.7. The molecule has 1 aromatic carbocycles. The number of hydrogen-bond donors (Lipinski definition) is 1. The van der Waals surface area contributed by atoms with Gasteiger partial charge in [0.1, 0.15) is 5.70 Å². The second-order valence-corrected chi connectivity index (χ2v) is 3.47. The third kappa shape index (κ3) is 1.99. The second kappa shape index (κ2) is 4.29. The molecule has 1 aromatic rings. The van der Waals surface area contributed by atoms with Gasteiger partial charge in [-0.15, -0.1) is 0 Å². The molecular weight excluding hydrogens is 222 g/mol. The van der Waals surface area contributed by atoms with E-state index in [0.717, 1.165) is 6.08 Å². The van der Waals surface area contributed by atoms with Crippen molar-refractivity contribution in [1.82, 2.24) is 0 Å². The van der Waals surface area contributed by atoms with Crippen molar-refractivity contribution in [2.75, 3.05) is 11.4 Å². The van der Waals surface area contributed by atoms with Crippen LogP contribution in [0.5, 0.6) is 5.75 Å². The highest BCUT2D eigenvalue weighted by atomic mass is 16.5. The van der Waals surface area contributed by atoms with E-state index in [4.69, 9.17) is 9.84 Å². The molecular formula is C12H11NO4. The van der Waals surface area contributed by atoms with Gasteiger partial charge in [-0.3, -0.25) is 0 Å². The summed E-state index contributed by atoms with van der Waals surface area (Å²) in [6.07, 6.45) is 0.863. The Labute approximate surface area is 97.9 Å². The number of ether oxygens (including phenoxy) is 1. The minimum absolute atomic E-state index is 0.0405. The number of aliphatic carboxylic acids is 1. The third-order valence-electron chi connectivity index (χ3n) is 2.44. The number of hydrogen-bond acceptors (Lipinski definition) is 4. The molecule has 0 aromatic heterocycles. The molecule has 0 unspecified atom stereocenters. The quantitative estimate of drug-likeness (QED) is 0.475. The van der Waals surface area contributed by atoms with Crippen molar-refractivity contribution in [2.24, 2.45) is 0 Å². The minimum Gasteiger partial charge on any atom is -0.478 e. The summed E-state index contributed by atoms with van der Waals surface area (Å²) in [5.74, 6) is -1.37. The van der Waals surface area contributed by atoms with Crippen LogP contribution in [0.25, 0.3) is 0 Å². The van der Waals surface area contributed by atoms with Gasteiger partial charge in [0.25, 0.3) is 0 Å². The lowest BCUT2D eigenvalue weighted by Gasteiger charge is -2.30. The number of fused-ring (bicyclic) bond motifs is 1. The van der Waals surface area contributed by atoms with Crippen LogP contribution < -0.4 is 9.64 Å². The van der Waals surface area contributed by atoms with E-state index < -0.39 is 11.9 Å². The van der Waals surface area contributed by atoms with Gasteiger partial charge in [-0.05, 0) is 19.1 Å². The summed E-state index contributed by atoms with van der Waals surface area (Å²) in [6.45, 7) is 2.33. The Balaban J connectivity index is 2.53. The molecule has 1 N–H and O–H groups in total. The Kier molecular flexibility index (Phi) is 2.82. The van der Waals surface area contributed by atoms with Gasteiger partial charge >= 0.3 is 11.9 Å². The van der Waals surface area contributed by atoms with Gasteiger partial charge in [0, 0.05) is 6.54 Å². The molecule has 1 heterocycles. The van der Waals surface area contributed by atoms with Crippen LogP contribution in [-0.4, -0.2) is 23.6 Å². The van der Waals surface area contributed by atoms with Gasteiger partial charge in [0.15, 0.2) is 5.75 Å². The van der Waals surface area contributed by atoms with E-state index in [2.05, 4.69) is 0 Å². The van der Waals surface area contributed by atoms with Crippen LogP contribution >= 0.6 is 0 Å². The van der Waals surface area contributed by atoms with E-state index in [1.54, 1.807) is 29.2 Å². The summed E-state index contributed by atoms with van der Waals surface area (Å²) in [5, 5.41) is 8.73. The lowest BCUT2D eigenvalue weighted by molar-refractivity contribution is -0.134. The molecule has 0 aliphatic carbocycles. The topological polar surface area (TPSA) is 66.8 Å². The summed E-state index contributed by atoms with van der Waals surface area (Å²) in [5.41, 5.74) is 0.737. The number of nitrogens with zero attached hydrogens (tertiary/aromatic N) is 1. The van der Waals surface area contributed by atoms with Crippen LogP contribution in [0.1, 0.15) is 6.92 Å².